The zero-order chi connectivity index (χ0) is 24.8. The van der Waals surface area contributed by atoms with Crippen LogP contribution in [-0.4, -0.2) is 43.1 Å². The Kier molecular flexibility index (Phi) is 7.77. The summed E-state index contributed by atoms with van der Waals surface area (Å²) in [6, 6.07) is 17.5. The Balaban J connectivity index is 1.39. The van der Waals surface area contributed by atoms with Gasteiger partial charge in [-0.25, -0.2) is 0 Å². The third-order valence-electron chi connectivity index (χ3n) is 6.43. The van der Waals surface area contributed by atoms with E-state index in [9.17, 15) is 9.59 Å². The summed E-state index contributed by atoms with van der Waals surface area (Å²) in [5.41, 5.74) is 5.29. The Morgan fingerprint density at radius 1 is 1.06 bits per heavy atom. The van der Waals surface area contributed by atoms with Gasteiger partial charge in [-0.2, -0.15) is 0 Å². The highest BCUT2D eigenvalue weighted by Crippen LogP contribution is 2.30. The number of nitrogens with zero attached hydrogens (tertiary/aromatic N) is 1. The molecule has 0 saturated carbocycles. The number of benzene rings is 2. The van der Waals surface area contributed by atoms with Gasteiger partial charge < -0.3 is 20.9 Å². The molecule has 2 heterocycles. The van der Waals surface area contributed by atoms with Crippen LogP contribution < -0.4 is 10.6 Å². The number of piperidine rings is 1. The van der Waals surface area contributed by atoms with E-state index in [0.29, 0.717) is 35.1 Å². The maximum atomic E-state index is 13.2. The molecule has 7 heteroatoms. The van der Waals surface area contributed by atoms with E-state index >= 15 is 0 Å². The van der Waals surface area contributed by atoms with Gasteiger partial charge in [0.25, 0.3) is 11.8 Å². The molecule has 6 nitrogen and oxygen atoms in total. The van der Waals surface area contributed by atoms with Crippen molar-refractivity contribution in [3.8, 4) is 0 Å². The minimum absolute atomic E-state index is 0.00162. The van der Waals surface area contributed by atoms with Crippen molar-refractivity contribution in [3.05, 3.63) is 93.3 Å². The van der Waals surface area contributed by atoms with Gasteiger partial charge in [-0.1, -0.05) is 36.4 Å². The van der Waals surface area contributed by atoms with Crippen LogP contribution in [0.1, 0.15) is 55.5 Å². The second kappa shape index (κ2) is 11.1. The monoisotopic (exact) mass is 486 g/mol. The van der Waals surface area contributed by atoms with Gasteiger partial charge in [0.1, 0.15) is 0 Å². The Bertz CT molecular complexity index is 1220. The van der Waals surface area contributed by atoms with E-state index in [0.717, 1.165) is 29.5 Å². The van der Waals surface area contributed by atoms with Crippen molar-refractivity contribution >= 4 is 40.6 Å². The minimum atomic E-state index is -0.159. The van der Waals surface area contributed by atoms with Crippen molar-refractivity contribution in [1.29, 1.82) is 5.41 Å². The number of aryl methyl sites for hydroxylation is 1. The van der Waals surface area contributed by atoms with Gasteiger partial charge >= 0.3 is 0 Å². The smallest absolute Gasteiger partial charge is 0.265 e. The molecule has 180 valence electrons. The van der Waals surface area contributed by atoms with Gasteiger partial charge in [0.15, 0.2) is 0 Å². The molecule has 0 spiro atoms. The largest absolute Gasteiger partial charge is 0.393 e. The fourth-order valence-electron chi connectivity index (χ4n) is 4.39. The Morgan fingerprint density at radius 2 is 1.77 bits per heavy atom. The van der Waals surface area contributed by atoms with E-state index in [-0.39, 0.29) is 11.8 Å². The second-order valence-electron chi connectivity index (χ2n) is 8.68. The first-order valence-electron chi connectivity index (χ1n) is 11.7. The maximum Gasteiger partial charge on any atom is 0.265 e. The van der Waals surface area contributed by atoms with Crippen molar-refractivity contribution in [2.75, 3.05) is 25.5 Å². The number of thiophene rings is 1. The lowest BCUT2D eigenvalue weighted by Gasteiger charge is -2.32. The number of likely N-dealkylation sites (tertiary alicyclic amines) is 1. The van der Waals surface area contributed by atoms with E-state index in [4.69, 9.17) is 5.41 Å². The standard InChI is InChI=1S/C28H30N4O2S/c1-19-5-6-23(16-25(19)31-27(33)26-4-3-15-35-26)28(34)32-13-11-22(12-14-32)20-7-9-21(10-8-20)24(17-29)18-30-2/h3-10,15-18,22,29-30H,11-14H2,1-2H3,(H,31,33)/b24-18+,29-17?. The molecule has 1 saturated heterocycles. The fourth-order valence-corrected chi connectivity index (χ4v) is 5.01. The Morgan fingerprint density at radius 3 is 2.40 bits per heavy atom. The zero-order valence-electron chi connectivity index (χ0n) is 20.0. The van der Waals surface area contributed by atoms with E-state index in [1.165, 1.54) is 23.1 Å². The molecule has 1 aliphatic heterocycles. The lowest BCUT2D eigenvalue weighted by molar-refractivity contribution is 0.0712. The van der Waals surface area contributed by atoms with Crippen LogP contribution in [0.25, 0.3) is 5.57 Å². The van der Waals surface area contributed by atoms with Crippen LogP contribution >= 0.6 is 11.3 Å². The summed E-state index contributed by atoms with van der Waals surface area (Å²) >= 11 is 1.39. The summed E-state index contributed by atoms with van der Waals surface area (Å²) in [4.78, 5) is 28.2. The molecule has 0 aliphatic carbocycles. The highest BCUT2D eigenvalue weighted by Gasteiger charge is 2.25. The number of hydrogen-bond donors (Lipinski definition) is 3. The quantitative estimate of drug-likeness (QED) is 0.384. The molecule has 0 bridgehead atoms. The number of amides is 2. The van der Waals surface area contributed by atoms with Gasteiger partial charge in [0, 0.05) is 49.4 Å². The minimum Gasteiger partial charge on any atom is -0.393 e. The number of rotatable bonds is 7. The van der Waals surface area contributed by atoms with E-state index in [1.807, 2.05) is 48.7 Å². The van der Waals surface area contributed by atoms with Gasteiger partial charge in [-0.3, -0.25) is 9.59 Å². The number of nitrogens with one attached hydrogen (secondary N) is 3. The maximum absolute atomic E-state index is 13.2. The predicted octanol–water partition coefficient (Wildman–Crippen LogP) is 5.54. The first-order chi connectivity index (χ1) is 17.0. The van der Waals surface area contributed by atoms with Gasteiger partial charge in [0.2, 0.25) is 0 Å². The molecule has 0 atom stereocenters. The molecule has 3 aromatic rings. The van der Waals surface area contributed by atoms with Crippen LogP contribution in [0, 0.1) is 12.3 Å². The van der Waals surface area contributed by atoms with E-state index in [2.05, 4.69) is 34.9 Å². The number of carbonyl (C=O) groups excluding carboxylic acids is 2. The summed E-state index contributed by atoms with van der Waals surface area (Å²) in [6.07, 6.45) is 4.97. The molecule has 0 unspecified atom stereocenters. The third kappa shape index (κ3) is 5.69. The molecule has 1 aromatic heterocycles. The van der Waals surface area contributed by atoms with Crippen LogP contribution in [0.4, 0.5) is 5.69 Å². The van der Waals surface area contributed by atoms with Crippen molar-refractivity contribution in [2.24, 2.45) is 0 Å². The summed E-state index contributed by atoms with van der Waals surface area (Å²) in [7, 11) is 1.82. The summed E-state index contributed by atoms with van der Waals surface area (Å²) in [5.74, 6) is 0.246. The third-order valence-corrected chi connectivity index (χ3v) is 7.30. The fraction of sp³-hybridized carbons (Fsp3) is 0.250. The Hall–Kier alpha value is -3.71. The Labute approximate surface area is 210 Å². The van der Waals surface area contributed by atoms with E-state index in [1.54, 1.807) is 12.1 Å². The first kappa shape index (κ1) is 24.4. The highest BCUT2D eigenvalue weighted by molar-refractivity contribution is 7.12. The first-order valence-corrected chi connectivity index (χ1v) is 12.6. The van der Waals surface area contributed by atoms with Crippen molar-refractivity contribution < 1.29 is 9.59 Å². The number of allylic oxidation sites excluding steroid dienone is 1. The molecule has 1 fully saturated rings. The number of carbonyl (C=O) groups is 2. The normalized spacial score (nSPS) is 14.5. The average molecular weight is 487 g/mol. The number of hydrogen-bond acceptors (Lipinski definition) is 5. The van der Waals surface area contributed by atoms with Gasteiger partial charge in [-0.15, -0.1) is 11.3 Å². The van der Waals surface area contributed by atoms with Crippen LogP contribution in [0.15, 0.2) is 66.2 Å². The van der Waals surface area contributed by atoms with Crippen molar-refractivity contribution in [2.45, 2.75) is 25.7 Å². The summed E-state index contributed by atoms with van der Waals surface area (Å²) in [6.45, 7) is 3.32. The highest BCUT2D eigenvalue weighted by atomic mass is 32.1. The summed E-state index contributed by atoms with van der Waals surface area (Å²) in [5, 5.41) is 15.4. The van der Waals surface area contributed by atoms with Crippen LogP contribution in [0.2, 0.25) is 0 Å². The SMILES string of the molecule is CN/C=C(\C=N)c1ccc(C2CCN(C(=O)c3ccc(C)c(NC(=O)c4cccs4)c3)CC2)cc1. The molecule has 2 aromatic carbocycles. The molecule has 2 amide bonds. The van der Waals surface area contributed by atoms with Gasteiger partial charge in [0.05, 0.1) is 4.88 Å². The van der Waals surface area contributed by atoms with Crippen LogP contribution in [-0.2, 0) is 0 Å². The molecular formula is C28H30N4O2S. The second-order valence-corrected chi connectivity index (χ2v) is 9.63. The van der Waals surface area contributed by atoms with E-state index < -0.39 is 0 Å². The number of anilines is 1. The lowest BCUT2D eigenvalue weighted by Crippen LogP contribution is -2.38. The average Bonchev–Trinajstić information content (AvgIpc) is 3.44. The van der Waals surface area contributed by atoms with Crippen molar-refractivity contribution in [1.82, 2.24) is 10.2 Å². The topological polar surface area (TPSA) is 85.3 Å². The molecule has 0 radical (unpaired) electrons. The van der Waals surface area contributed by atoms with Gasteiger partial charge in [-0.05, 0) is 66.0 Å². The lowest BCUT2D eigenvalue weighted by atomic mass is 9.88. The molecule has 3 N–H and O–H groups in total. The molecular weight excluding hydrogens is 456 g/mol. The van der Waals surface area contributed by atoms with Crippen LogP contribution in [0.5, 0.6) is 0 Å². The van der Waals surface area contributed by atoms with Crippen molar-refractivity contribution in [3.63, 3.8) is 0 Å². The predicted molar refractivity (Wildman–Crippen MR) is 144 cm³/mol. The van der Waals surface area contributed by atoms with Crippen LogP contribution in [0.3, 0.4) is 0 Å². The molecule has 35 heavy (non-hydrogen) atoms. The zero-order valence-corrected chi connectivity index (χ0v) is 20.8. The molecule has 4 rings (SSSR count). The summed E-state index contributed by atoms with van der Waals surface area (Å²) < 4.78 is 0. The molecule has 1 aliphatic rings.